The first-order chi connectivity index (χ1) is 18.7. The van der Waals surface area contributed by atoms with Gasteiger partial charge in [-0.3, -0.25) is 9.59 Å². The van der Waals surface area contributed by atoms with Crippen LogP contribution in [-0.4, -0.2) is 92.2 Å². The second-order valence-electron chi connectivity index (χ2n) is 10.6. The van der Waals surface area contributed by atoms with Crippen molar-refractivity contribution < 1.29 is 33.7 Å². The summed E-state index contributed by atoms with van der Waals surface area (Å²) in [6, 6.07) is 0. The van der Waals surface area contributed by atoms with E-state index in [1.165, 1.54) is 30.6 Å². The van der Waals surface area contributed by atoms with Crippen molar-refractivity contribution in [3.8, 4) is 0 Å². The van der Waals surface area contributed by atoms with Gasteiger partial charge in [-0.2, -0.15) is 0 Å². The molecule has 0 fully saturated rings. The van der Waals surface area contributed by atoms with E-state index < -0.39 is 6.09 Å². The standard InChI is InChI=1S/C28H54N2O7S2/c1-5-6-7-8-9-10-12-25(32)36-21-23-38-39-24-22-37-27(34)30(17-11-15-29-16-19-31)18-13-26(33)35-20-14-28(2,3)4/h29,31H,5-24H2,1-4H3. The van der Waals surface area contributed by atoms with E-state index in [2.05, 4.69) is 33.0 Å². The Labute approximate surface area is 244 Å². The number of rotatable bonds is 25. The van der Waals surface area contributed by atoms with E-state index in [0.29, 0.717) is 57.2 Å². The molecule has 0 rings (SSSR count). The summed E-state index contributed by atoms with van der Waals surface area (Å²) in [6.45, 7) is 11.3. The molecule has 0 aromatic heterocycles. The number of amides is 1. The Morgan fingerprint density at radius 1 is 0.769 bits per heavy atom. The van der Waals surface area contributed by atoms with E-state index in [-0.39, 0.29) is 43.5 Å². The zero-order valence-electron chi connectivity index (χ0n) is 24.8. The molecule has 0 aliphatic rings. The number of aliphatic hydroxyl groups excluding tert-OH is 1. The lowest BCUT2D eigenvalue weighted by molar-refractivity contribution is -0.145. The fraction of sp³-hybridized carbons (Fsp3) is 0.893. The Morgan fingerprint density at radius 2 is 1.38 bits per heavy atom. The van der Waals surface area contributed by atoms with Crippen molar-refractivity contribution in [1.29, 1.82) is 0 Å². The molecule has 11 heteroatoms. The van der Waals surface area contributed by atoms with Gasteiger partial charge in [0.1, 0.15) is 13.2 Å². The molecule has 0 bridgehead atoms. The van der Waals surface area contributed by atoms with E-state index >= 15 is 0 Å². The van der Waals surface area contributed by atoms with Crippen LogP contribution in [0.25, 0.3) is 0 Å². The van der Waals surface area contributed by atoms with E-state index in [9.17, 15) is 14.4 Å². The number of hydrogen-bond acceptors (Lipinski definition) is 10. The SMILES string of the molecule is CCCCCCCCC(=O)OCCSSCCOC(=O)N(CCCNCCO)CCC(=O)OCCC(C)(C)C. The van der Waals surface area contributed by atoms with Gasteiger partial charge >= 0.3 is 18.0 Å². The molecule has 0 aromatic carbocycles. The molecule has 1 amide bonds. The van der Waals surface area contributed by atoms with Crippen LogP contribution in [0.1, 0.15) is 91.9 Å². The summed E-state index contributed by atoms with van der Waals surface area (Å²) in [5.74, 6) is 0.846. The number of hydrogen-bond donors (Lipinski definition) is 2. The molecule has 0 atom stereocenters. The molecule has 39 heavy (non-hydrogen) atoms. The fourth-order valence-electron chi connectivity index (χ4n) is 3.35. The van der Waals surface area contributed by atoms with Crippen LogP contribution in [0, 0.1) is 5.41 Å². The first-order valence-corrected chi connectivity index (χ1v) is 17.0. The number of ether oxygens (including phenoxy) is 3. The second kappa shape index (κ2) is 25.8. The Bertz CT molecular complexity index is 634. The second-order valence-corrected chi connectivity index (χ2v) is 13.3. The molecule has 0 saturated carbocycles. The molecule has 0 unspecified atom stereocenters. The Kier molecular flexibility index (Phi) is 25.0. The summed E-state index contributed by atoms with van der Waals surface area (Å²) in [7, 11) is 3.15. The molecule has 0 radical (unpaired) electrons. The minimum absolute atomic E-state index is 0.0590. The van der Waals surface area contributed by atoms with Gasteiger partial charge in [-0.15, -0.1) is 0 Å². The average molecular weight is 595 g/mol. The Balaban J connectivity index is 4.09. The minimum Gasteiger partial charge on any atom is -0.466 e. The number of aliphatic hydroxyl groups is 1. The molecule has 0 heterocycles. The van der Waals surface area contributed by atoms with Crippen molar-refractivity contribution in [2.45, 2.75) is 91.9 Å². The highest BCUT2D eigenvalue weighted by Crippen LogP contribution is 2.21. The van der Waals surface area contributed by atoms with Gasteiger partial charge in [0.2, 0.25) is 0 Å². The lowest BCUT2D eigenvalue weighted by atomic mass is 9.93. The largest absolute Gasteiger partial charge is 0.466 e. The number of nitrogens with one attached hydrogen (secondary N) is 1. The van der Waals surface area contributed by atoms with Crippen LogP contribution in [0.15, 0.2) is 0 Å². The normalized spacial score (nSPS) is 11.3. The van der Waals surface area contributed by atoms with Gasteiger partial charge in [-0.25, -0.2) is 4.79 Å². The zero-order valence-corrected chi connectivity index (χ0v) is 26.4. The maximum Gasteiger partial charge on any atom is 0.409 e. The lowest BCUT2D eigenvalue weighted by Gasteiger charge is -2.22. The highest BCUT2D eigenvalue weighted by molar-refractivity contribution is 8.76. The van der Waals surface area contributed by atoms with Crippen molar-refractivity contribution in [2.75, 3.05) is 64.1 Å². The third-order valence-electron chi connectivity index (χ3n) is 5.67. The number of nitrogens with zero attached hydrogens (tertiary/aromatic N) is 1. The van der Waals surface area contributed by atoms with Crippen LogP contribution >= 0.6 is 21.6 Å². The van der Waals surface area contributed by atoms with Gasteiger partial charge in [0.15, 0.2) is 0 Å². The van der Waals surface area contributed by atoms with Crippen LogP contribution in [0.3, 0.4) is 0 Å². The number of carbonyl (C=O) groups is 3. The number of carbonyl (C=O) groups excluding carboxylic acids is 3. The van der Waals surface area contributed by atoms with Crippen molar-refractivity contribution in [2.24, 2.45) is 5.41 Å². The highest BCUT2D eigenvalue weighted by atomic mass is 33.1. The summed E-state index contributed by atoms with van der Waals surface area (Å²) in [4.78, 5) is 38.0. The molecule has 9 nitrogen and oxygen atoms in total. The van der Waals surface area contributed by atoms with Gasteiger partial charge in [0.25, 0.3) is 0 Å². The molecule has 0 aliphatic carbocycles. The maximum absolute atomic E-state index is 12.6. The monoisotopic (exact) mass is 594 g/mol. The molecular formula is C28H54N2O7S2. The third-order valence-corrected chi connectivity index (χ3v) is 8.00. The molecule has 0 spiro atoms. The van der Waals surface area contributed by atoms with E-state index in [1.54, 1.807) is 21.6 Å². The third kappa shape index (κ3) is 26.8. The van der Waals surface area contributed by atoms with Crippen molar-refractivity contribution in [1.82, 2.24) is 10.2 Å². The first-order valence-electron chi connectivity index (χ1n) is 14.5. The van der Waals surface area contributed by atoms with Crippen LogP contribution in [0.2, 0.25) is 0 Å². The number of unbranched alkanes of at least 4 members (excludes halogenated alkanes) is 5. The highest BCUT2D eigenvalue weighted by Gasteiger charge is 2.17. The zero-order chi connectivity index (χ0) is 29.2. The van der Waals surface area contributed by atoms with E-state index in [0.717, 1.165) is 19.3 Å². The molecule has 0 aliphatic heterocycles. The van der Waals surface area contributed by atoms with Crippen LogP contribution in [-0.2, 0) is 23.8 Å². The fourth-order valence-corrected chi connectivity index (χ4v) is 5.00. The Hall–Kier alpha value is -1.17. The van der Waals surface area contributed by atoms with Gasteiger partial charge in [-0.1, -0.05) is 81.4 Å². The number of esters is 2. The molecular weight excluding hydrogens is 540 g/mol. The lowest BCUT2D eigenvalue weighted by Crippen LogP contribution is -2.36. The predicted octanol–water partition coefficient (Wildman–Crippen LogP) is 5.44. The Morgan fingerprint density at radius 3 is 2.05 bits per heavy atom. The van der Waals surface area contributed by atoms with E-state index in [1.807, 2.05) is 0 Å². The first kappa shape index (κ1) is 37.8. The predicted molar refractivity (Wildman–Crippen MR) is 161 cm³/mol. The van der Waals surface area contributed by atoms with Gasteiger partial charge in [0, 0.05) is 37.6 Å². The van der Waals surface area contributed by atoms with Crippen molar-refractivity contribution in [3.05, 3.63) is 0 Å². The van der Waals surface area contributed by atoms with Gasteiger partial charge in [0.05, 0.1) is 19.6 Å². The van der Waals surface area contributed by atoms with Crippen LogP contribution in [0.5, 0.6) is 0 Å². The summed E-state index contributed by atoms with van der Waals surface area (Å²) < 4.78 is 16.0. The quantitative estimate of drug-likeness (QED) is 0.0613. The van der Waals surface area contributed by atoms with Crippen LogP contribution < -0.4 is 5.32 Å². The molecule has 0 aromatic rings. The average Bonchev–Trinajstić information content (AvgIpc) is 2.88. The maximum atomic E-state index is 12.6. The summed E-state index contributed by atoms with van der Waals surface area (Å²) in [5, 5.41) is 12.0. The van der Waals surface area contributed by atoms with Crippen molar-refractivity contribution >= 4 is 39.6 Å². The van der Waals surface area contributed by atoms with Crippen LogP contribution in [0.4, 0.5) is 4.79 Å². The smallest absolute Gasteiger partial charge is 0.409 e. The van der Waals surface area contributed by atoms with Gasteiger partial charge < -0.3 is 29.5 Å². The molecule has 2 N–H and O–H groups in total. The molecule has 230 valence electrons. The van der Waals surface area contributed by atoms with Crippen molar-refractivity contribution in [3.63, 3.8) is 0 Å². The minimum atomic E-state index is -0.450. The van der Waals surface area contributed by atoms with Gasteiger partial charge in [-0.05, 0) is 31.2 Å². The summed E-state index contributed by atoms with van der Waals surface area (Å²) in [6.07, 6.45) is 8.48. The van der Waals surface area contributed by atoms with E-state index in [4.69, 9.17) is 19.3 Å². The summed E-state index contributed by atoms with van der Waals surface area (Å²) in [5.41, 5.74) is 0.0890. The molecule has 0 saturated heterocycles. The topological polar surface area (TPSA) is 114 Å². The summed E-state index contributed by atoms with van der Waals surface area (Å²) >= 11 is 0.